The minimum Gasteiger partial charge on any atom is -0.294 e. The number of rotatable bonds is 1. The molecular weight excluding hydrogens is 228 g/mol. The topological polar surface area (TPSA) is 17.1 Å². The molecule has 0 saturated carbocycles. The van der Waals surface area contributed by atoms with Gasteiger partial charge in [-0.25, -0.2) is 0 Å². The predicted molar refractivity (Wildman–Crippen MR) is 56.4 cm³/mol. The highest BCUT2D eigenvalue weighted by atomic mass is 79.9. The molecule has 1 aliphatic rings. The van der Waals surface area contributed by atoms with Crippen molar-refractivity contribution in [3.05, 3.63) is 35.4 Å². The summed E-state index contributed by atoms with van der Waals surface area (Å²) < 4.78 is 0. The minimum atomic E-state index is 0.298. The molecule has 0 saturated heterocycles. The van der Waals surface area contributed by atoms with E-state index in [0.29, 0.717) is 18.1 Å². The number of carbonyl (C=O) groups excluding carboxylic acids is 1. The second-order valence-electron chi connectivity index (χ2n) is 3.51. The van der Waals surface area contributed by atoms with E-state index in [-0.39, 0.29) is 0 Å². The Morgan fingerprint density at radius 2 is 2.08 bits per heavy atom. The van der Waals surface area contributed by atoms with Crippen molar-refractivity contribution in [2.75, 3.05) is 5.33 Å². The van der Waals surface area contributed by atoms with Crippen LogP contribution in [0.15, 0.2) is 24.3 Å². The molecule has 1 unspecified atom stereocenters. The lowest BCUT2D eigenvalue weighted by Gasteiger charge is -2.21. The zero-order valence-corrected chi connectivity index (χ0v) is 8.88. The highest BCUT2D eigenvalue weighted by molar-refractivity contribution is 9.09. The van der Waals surface area contributed by atoms with Crippen molar-refractivity contribution in [2.24, 2.45) is 5.92 Å². The highest BCUT2D eigenvalue weighted by Crippen LogP contribution is 2.26. The molecule has 1 atom stereocenters. The molecule has 13 heavy (non-hydrogen) atoms. The maximum atomic E-state index is 11.6. The SMILES string of the molecule is O=C1CC(CBr)Cc2ccccc21. The van der Waals surface area contributed by atoms with Crippen LogP contribution in [-0.4, -0.2) is 11.1 Å². The van der Waals surface area contributed by atoms with Crippen molar-refractivity contribution in [1.82, 2.24) is 0 Å². The lowest BCUT2D eigenvalue weighted by atomic mass is 9.84. The van der Waals surface area contributed by atoms with Crippen LogP contribution in [0.5, 0.6) is 0 Å². The van der Waals surface area contributed by atoms with Gasteiger partial charge in [0, 0.05) is 17.3 Å². The van der Waals surface area contributed by atoms with Crippen molar-refractivity contribution in [3.63, 3.8) is 0 Å². The summed E-state index contributed by atoms with van der Waals surface area (Å²) in [6.07, 6.45) is 1.73. The standard InChI is InChI=1S/C11H11BrO/c12-7-8-5-9-3-1-2-4-10(9)11(13)6-8/h1-4,8H,5-7H2. The fourth-order valence-electron chi connectivity index (χ4n) is 1.83. The summed E-state index contributed by atoms with van der Waals surface area (Å²) in [6, 6.07) is 7.93. The van der Waals surface area contributed by atoms with E-state index in [1.807, 2.05) is 18.2 Å². The van der Waals surface area contributed by atoms with Gasteiger partial charge in [0.2, 0.25) is 0 Å². The Labute approximate surface area is 86.3 Å². The molecule has 0 radical (unpaired) electrons. The van der Waals surface area contributed by atoms with Crippen LogP contribution in [0.1, 0.15) is 22.3 Å². The molecule has 0 aliphatic heterocycles. The molecular formula is C11H11BrO. The van der Waals surface area contributed by atoms with Crippen molar-refractivity contribution in [3.8, 4) is 0 Å². The molecule has 2 rings (SSSR count). The average Bonchev–Trinajstić information content (AvgIpc) is 2.18. The first-order valence-corrected chi connectivity index (χ1v) is 5.60. The van der Waals surface area contributed by atoms with Crippen LogP contribution in [0, 0.1) is 5.92 Å². The van der Waals surface area contributed by atoms with Gasteiger partial charge in [0.15, 0.2) is 5.78 Å². The quantitative estimate of drug-likeness (QED) is 0.688. The first-order chi connectivity index (χ1) is 6.31. The van der Waals surface area contributed by atoms with Gasteiger partial charge in [-0.3, -0.25) is 4.79 Å². The summed E-state index contributed by atoms with van der Waals surface area (Å²) in [4.78, 5) is 11.6. The number of benzene rings is 1. The van der Waals surface area contributed by atoms with Crippen LogP contribution in [0.4, 0.5) is 0 Å². The van der Waals surface area contributed by atoms with E-state index in [0.717, 1.165) is 17.3 Å². The van der Waals surface area contributed by atoms with E-state index >= 15 is 0 Å². The maximum Gasteiger partial charge on any atom is 0.163 e. The molecule has 0 aromatic heterocycles. The Hall–Kier alpha value is -0.630. The third-order valence-corrected chi connectivity index (χ3v) is 3.43. The van der Waals surface area contributed by atoms with Gasteiger partial charge in [0.1, 0.15) is 0 Å². The van der Waals surface area contributed by atoms with Crippen molar-refractivity contribution in [2.45, 2.75) is 12.8 Å². The van der Waals surface area contributed by atoms with Crippen LogP contribution < -0.4 is 0 Å². The third kappa shape index (κ3) is 1.68. The molecule has 0 amide bonds. The Morgan fingerprint density at radius 3 is 2.85 bits per heavy atom. The van der Waals surface area contributed by atoms with Crippen LogP contribution in [0.3, 0.4) is 0 Å². The smallest absolute Gasteiger partial charge is 0.163 e. The van der Waals surface area contributed by atoms with Gasteiger partial charge in [0.05, 0.1) is 0 Å². The van der Waals surface area contributed by atoms with E-state index < -0.39 is 0 Å². The number of hydrogen-bond acceptors (Lipinski definition) is 1. The van der Waals surface area contributed by atoms with Crippen LogP contribution in [0.2, 0.25) is 0 Å². The van der Waals surface area contributed by atoms with E-state index in [4.69, 9.17) is 0 Å². The maximum absolute atomic E-state index is 11.6. The average molecular weight is 239 g/mol. The van der Waals surface area contributed by atoms with E-state index in [2.05, 4.69) is 22.0 Å². The summed E-state index contributed by atoms with van der Waals surface area (Å²) in [6.45, 7) is 0. The Balaban J connectivity index is 2.37. The van der Waals surface area contributed by atoms with Crippen LogP contribution >= 0.6 is 15.9 Å². The molecule has 1 nitrogen and oxygen atoms in total. The summed E-state index contributed by atoms with van der Waals surface area (Å²) in [5.41, 5.74) is 2.14. The minimum absolute atomic E-state index is 0.298. The van der Waals surface area contributed by atoms with Gasteiger partial charge in [0.25, 0.3) is 0 Å². The summed E-state index contributed by atoms with van der Waals surface area (Å²) >= 11 is 3.44. The van der Waals surface area contributed by atoms with Gasteiger partial charge < -0.3 is 0 Å². The van der Waals surface area contributed by atoms with E-state index in [1.54, 1.807) is 0 Å². The monoisotopic (exact) mass is 238 g/mol. The van der Waals surface area contributed by atoms with Crippen LogP contribution in [0.25, 0.3) is 0 Å². The summed E-state index contributed by atoms with van der Waals surface area (Å²) in [5.74, 6) is 0.786. The first-order valence-electron chi connectivity index (χ1n) is 4.48. The lowest BCUT2D eigenvalue weighted by molar-refractivity contribution is 0.0954. The molecule has 1 aromatic rings. The molecule has 1 aliphatic carbocycles. The van der Waals surface area contributed by atoms with Crippen molar-refractivity contribution < 1.29 is 4.79 Å². The number of fused-ring (bicyclic) bond motifs is 1. The fourth-order valence-corrected chi connectivity index (χ4v) is 2.29. The van der Waals surface area contributed by atoms with Gasteiger partial charge in [-0.1, -0.05) is 40.2 Å². The molecule has 0 N–H and O–H groups in total. The molecule has 0 heterocycles. The van der Waals surface area contributed by atoms with Crippen molar-refractivity contribution >= 4 is 21.7 Å². The zero-order chi connectivity index (χ0) is 9.26. The molecule has 2 heteroatoms. The normalized spacial score (nSPS) is 21.3. The largest absolute Gasteiger partial charge is 0.294 e. The molecule has 1 aromatic carbocycles. The van der Waals surface area contributed by atoms with Crippen molar-refractivity contribution in [1.29, 1.82) is 0 Å². The number of hydrogen-bond donors (Lipinski definition) is 0. The molecule has 0 spiro atoms. The highest BCUT2D eigenvalue weighted by Gasteiger charge is 2.23. The first kappa shape index (κ1) is 8.95. The molecule has 68 valence electrons. The summed E-state index contributed by atoms with van der Waals surface area (Å²) in [5, 5.41) is 0.924. The third-order valence-electron chi connectivity index (χ3n) is 2.52. The number of ketones is 1. The Kier molecular flexibility index (Phi) is 2.49. The Bertz CT molecular complexity index is 333. The van der Waals surface area contributed by atoms with E-state index in [1.165, 1.54) is 5.56 Å². The van der Waals surface area contributed by atoms with Gasteiger partial charge in [-0.15, -0.1) is 0 Å². The van der Waals surface area contributed by atoms with E-state index in [9.17, 15) is 4.79 Å². The number of carbonyl (C=O) groups is 1. The predicted octanol–water partition coefficient (Wildman–Crippen LogP) is 2.83. The van der Waals surface area contributed by atoms with Gasteiger partial charge in [-0.2, -0.15) is 0 Å². The fraction of sp³-hybridized carbons (Fsp3) is 0.364. The van der Waals surface area contributed by atoms with Crippen LogP contribution in [-0.2, 0) is 6.42 Å². The lowest BCUT2D eigenvalue weighted by Crippen LogP contribution is -2.20. The van der Waals surface area contributed by atoms with Gasteiger partial charge in [-0.05, 0) is 17.9 Å². The number of Topliss-reactive ketones (excluding diaryl/α,β-unsaturated/α-hetero) is 1. The zero-order valence-electron chi connectivity index (χ0n) is 7.29. The second-order valence-corrected chi connectivity index (χ2v) is 4.16. The number of halogens is 1. The van der Waals surface area contributed by atoms with Gasteiger partial charge >= 0.3 is 0 Å². The molecule has 0 bridgehead atoms. The summed E-state index contributed by atoms with van der Waals surface area (Å²) in [7, 11) is 0. The number of alkyl halides is 1. The second kappa shape index (κ2) is 3.62. The Morgan fingerprint density at radius 1 is 1.31 bits per heavy atom. The molecule has 0 fully saturated rings.